The summed E-state index contributed by atoms with van der Waals surface area (Å²) in [5, 5.41) is 0. The van der Waals surface area contributed by atoms with Gasteiger partial charge in [-0.15, -0.1) is 0 Å². The highest BCUT2D eigenvalue weighted by Gasteiger charge is 2.22. The molecule has 0 amide bonds. The molecule has 1 atom stereocenters. The van der Waals surface area contributed by atoms with E-state index in [0.29, 0.717) is 22.8 Å². The first-order valence-corrected chi connectivity index (χ1v) is 9.26. The number of hydrogen-bond acceptors (Lipinski definition) is 2. The third-order valence-electron chi connectivity index (χ3n) is 4.92. The molecule has 1 aliphatic carbocycles. The number of benzene rings is 2. The van der Waals surface area contributed by atoms with Crippen LogP contribution in [0.2, 0.25) is 0 Å². The van der Waals surface area contributed by atoms with Crippen molar-refractivity contribution in [2.45, 2.75) is 25.7 Å². The second kappa shape index (κ2) is 7.57. The van der Waals surface area contributed by atoms with E-state index in [1.807, 2.05) is 66.7 Å². The van der Waals surface area contributed by atoms with Gasteiger partial charge in [0, 0.05) is 17.5 Å². The van der Waals surface area contributed by atoms with Crippen molar-refractivity contribution in [1.29, 1.82) is 0 Å². The number of furan rings is 1. The van der Waals surface area contributed by atoms with E-state index in [1.54, 1.807) is 0 Å². The van der Waals surface area contributed by atoms with Crippen LogP contribution in [0.15, 0.2) is 83.3 Å². The molecule has 0 radical (unpaired) electrons. The molecule has 0 N–H and O–H groups in total. The van der Waals surface area contributed by atoms with Crippen LogP contribution in [0.5, 0.6) is 0 Å². The molecule has 0 saturated heterocycles. The fraction of sp³-hybridized carbons (Fsp3) is 0.208. The highest BCUT2D eigenvalue weighted by atomic mass is 16.3. The van der Waals surface area contributed by atoms with Crippen molar-refractivity contribution in [3.8, 4) is 11.3 Å². The summed E-state index contributed by atoms with van der Waals surface area (Å²) in [4.78, 5) is 13.1. The van der Waals surface area contributed by atoms with Gasteiger partial charge in [-0.05, 0) is 31.2 Å². The summed E-state index contributed by atoms with van der Waals surface area (Å²) in [6, 6.07) is 21.3. The number of carbonyl (C=O) groups excluding carboxylic acids is 1. The minimum absolute atomic E-state index is 0.0126. The maximum Gasteiger partial charge on any atom is 0.196 e. The number of rotatable bonds is 5. The Kier molecular flexibility index (Phi) is 4.83. The molecule has 2 heteroatoms. The van der Waals surface area contributed by atoms with Crippen LogP contribution < -0.4 is 0 Å². The van der Waals surface area contributed by atoms with E-state index in [0.717, 1.165) is 17.7 Å². The fourth-order valence-corrected chi connectivity index (χ4v) is 3.57. The fourth-order valence-electron chi connectivity index (χ4n) is 3.57. The predicted octanol–water partition coefficient (Wildman–Crippen LogP) is 6.08. The lowest BCUT2D eigenvalue weighted by Crippen LogP contribution is -2.04. The summed E-state index contributed by atoms with van der Waals surface area (Å²) in [6.07, 6.45) is 8.96. The maximum atomic E-state index is 13.1. The molecule has 1 unspecified atom stereocenters. The molecule has 2 nitrogen and oxygen atoms in total. The third kappa shape index (κ3) is 3.55. The number of ketones is 1. The zero-order chi connectivity index (χ0) is 17.8. The third-order valence-corrected chi connectivity index (χ3v) is 4.92. The lowest BCUT2D eigenvalue weighted by atomic mass is 9.92. The Bertz CT molecular complexity index is 904. The van der Waals surface area contributed by atoms with E-state index in [2.05, 4.69) is 12.2 Å². The molecular weight excluding hydrogens is 320 g/mol. The number of carbonyl (C=O) groups is 1. The van der Waals surface area contributed by atoms with E-state index < -0.39 is 0 Å². The molecule has 130 valence electrons. The topological polar surface area (TPSA) is 30.2 Å². The van der Waals surface area contributed by atoms with Gasteiger partial charge in [-0.1, -0.05) is 72.8 Å². The van der Waals surface area contributed by atoms with Gasteiger partial charge in [-0.2, -0.15) is 0 Å². The van der Waals surface area contributed by atoms with Gasteiger partial charge in [-0.25, -0.2) is 0 Å². The highest BCUT2D eigenvalue weighted by Crippen LogP contribution is 2.31. The van der Waals surface area contributed by atoms with Crippen molar-refractivity contribution in [3.05, 3.63) is 95.8 Å². The summed E-state index contributed by atoms with van der Waals surface area (Å²) < 4.78 is 6.19. The van der Waals surface area contributed by atoms with Crippen molar-refractivity contribution in [3.63, 3.8) is 0 Å². The lowest BCUT2D eigenvalue weighted by Gasteiger charge is -2.14. The van der Waals surface area contributed by atoms with Crippen molar-refractivity contribution >= 4 is 5.78 Å². The monoisotopic (exact) mass is 342 g/mol. The largest absolute Gasteiger partial charge is 0.460 e. The molecule has 0 bridgehead atoms. The van der Waals surface area contributed by atoms with Crippen LogP contribution >= 0.6 is 0 Å². The van der Waals surface area contributed by atoms with Gasteiger partial charge in [0.2, 0.25) is 0 Å². The van der Waals surface area contributed by atoms with Crippen LogP contribution in [0, 0.1) is 5.92 Å². The van der Waals surface area contributed by atoms with Gasteiger partial charge < -0.3 is 4.42 Å². The summed E-state index contributed by atoms with van der Waals surface area (Å²) in [6.45, 7) is 0. The van der Waals surface area contributed by atoms with Crippen molar-refractivity contribution in [2.24, 2.45) is 5.92 Å². The lowest BCUT2D eigenvalue weighted by molar-refractivity contribution is 0.103. The summed E-state index contributed by atoms with van der Waals surface area (Å²) in [5.74, 6) is 2.07. The Balaban J connectivity index is 1.72. The molecular formula is C24H22O2. The standard InChI is InChI=1S/C24H22O2/c25-23(19-12-6-2-7-13-19)22-17-21(16-18-10-4-1-5-11-18)26-24(22)20-14-8-3-9-15-20/h2-4,6-10,12-15,17-18H,1,5,11,16H2. The first-order valence-electron chi connectivity index (χ1n) is 9.26. The van der Waals surface area contributed by atoms with E-state index >= 15 is 0 Å². The Hall–Kier alpha value is -2.87. The molecule has 26 heavy (non-hydrogen) atoms. The van der Waals surface area contributed by atoms with E-state index in [1.165, 1.54) is 19.3 Å². The zero-order valence-corrected chi connectivity index (χ0v) is 14.7. The van der Waals surface area contributed by atoms with Gasteiger partial charge in [0.05, 0.1) is 5.56 Å². The van der Waals surface area contributed by atoms with Crippen LogP contribution in [-0.2, 0) is 6.42 Å². The zero-order valence-electron chi connectivity index (χ0n) is 14.7. The van der Waals surface area contributed by atoms with Gasteiger partial charge in [0.25, 0.3) is 0 Å². The first kappa shape index (κ1) is 16.6. The van der Waals surface area contributed by atoms with Crippen molar-refractivity contribution in [1.82, 2.24) is 0 Å². The van der Waals surface area contributed by atoms with Gasteiger partial charge in [0.1, 0.15) is 11.5 Å². The summed E-state index contributed by atoms with van der Waals surface area (Å²) in [7, 11) is 0. The van der Waals surface area contributed by atoms with Crippen LogP contribution in [0.1, 0.15) is 40.9 Å². The Labute approximate surface area is 154 Å². The predicted molar refractivity (Wildman–Crippen MR) is 104 cm³/mol. The first-order chi connectivity index (χ1) is 12.8. The van der Waals surface area contributed by atoms with Crippen LogP contribution in [0.25, 0.3) is 11.3 Å². The van der Waals surface area contributed by atoms with E-state index in [9.17, 15) is 4.79 Å². The molecule has 0 saturated carbocycles. The molecule has 0 fully saturated rings. The van der Waals surface area contributed by atoms with Gasteiger partial charge in [0.15, 0.2) is 5.78 Å². The second-order valence-electron chi connectivity index (χ2n) is 6.84. The molecule has 1 aliphatic rings. The Morgan fingerprint density at radius 1 is 1.00 bits per heavy atom. The molecule has 4 rings (SSSR count). The normalized spacial score (nSPS) is 16.5. The molecule has 1 aromatic heterocycles. The van der Waals surface area contributed by atoms with Crippen molar-refractivity contribution in [2.75, 3.05) is 0 Å². The number of hydrogen-bond donors (Lipinski definition) is 0. The molecule has 3 aromatic rings. The van der Waals surface area contributed by atoms with Crippen molar-refractivity contribution < 1.29 is 9.21 Å². The van der Waals surface area contributed by atoms with E-state index in [4.69, 9.17) is 4.42 Å². The highest BCUT2D eigenvalue weighted by molar-refractivity contribution is 6.12. The average Bonchev–Trinajstić information content (AvgIpc) is 3.13. The maximum absolute atomic E-state index is 13.1. The molecule has 2 aromatic carbocycles. The summed E-state index contributed by atoms with van der Waals surface area (Å²) in [5.41, 5.74) is 2.28. The SMILES string of the molecule is O=C(c1ccccc1)c1cc(CC2C=CCCC2)oc1-c1ccccc1. The van der Waals surface area contributed by atoms with Crippen LogP contribution in [-0.4, -0.2) is 5.78 Å². The van der Waals surface area contributed by atoms with E-state index in [-0.39, 0.29) is 5.78 Å². The summed E-state index contributed by atoms with van der Waals surface area (Å²) >= 11 is 0. The molecule has 1 heterocycles. The number of allylic oxidation sites excluding steroid dienone is 2. The van der Waals surface area contributed by atoms with Gasteiger partial charge >= 0.3 is 0 Å². The van der Waals surface area contributed by atoms with Crippen LogP contribution in [0.4, 0.5) is 0 Å². The molecule has 0 spiro atoms. The molecule has 0 aliphatic heterocycles. The average molecular weight is 342 g/mol. The quantitative estimate of drug-likeness (QED) is 0.416. The van der Waals surface area contributed by atoms with Crippen LogP contribution in [0.3, 0.4) is 0 Å². The second-order valence-corrected chi connectivity index (χ2v) is 6.84. The Morgan fingerprint density at radius 2 is 1.73 bits per heavy atom. The minimum Gasteiger partial charge on any atom is -0.460 e. The minimum atomic E-state index is 0.0126. The van der Waals surface area contributed by atoms with Gasteiger partial charge in [-0.3, -0.25) is 4.79 Å². The smallest absolute Gasteiger partial charge is 0.196 e. The Morgan fingerprint density at radius 3 is 2.42 bits per heavy atom.